The van der Waals surface area contributed by atoms with Crippen LogP contribution < -0.4 is 10.6 Å². The third-order valence-electron chi connectivity index (χ3n) is 5.98. The molecular weight excluding hydrogens is 381 g/mol. The van der Waals surface area contributed by atoms with E-state index in [2.05, 4.69) is 10.6 Å². The SMILES string of the molecule is CC(=O)N1CCC(NC(=O)NC(c2cc(F)ccc2Cl)C2CCCCC2)CC1. The number of hydrogen-bond donors (Lipinski definition) is 2. The van der Waals surface area contributed by atoms with Crippen LogP contribution in [0.5, 0.6) is 0 Å². The van der Waals surface area contributed by atoms with E-state index >= 15 is 0 Å². The minimum absolute atomic E-state index is 0.0330. The number of hydrogen-bond acceptors (Lipinski definition) is 2. The molecule has 1 aliphatic heterocycles. The highest BCUT2D eigenvalue weighted by Crippen LogP contribution is 2.37. The van der Waals surface area contributed by atoms with E-state index in [0.717, 1.165) is 38.5 Å². The van der Waals surface area contributed by atoms with Crippen molar-refractivity contribution in [3.05, 3.63) is 34.6 Å². The van der Waals surface area contributed by atoms with Gasteiger partial charge in [0.05, 0.1) is 6.04 Å². The number of nitrogens with one attached hydrogen (secondary N) is 2. The van der Waals surface area contributed by atoms with Crippen molar-refractivity contribution in [1.82, 2.24) is 15.5 Å². The van der Waals surface area contributed by atoms with E-state index in [9.17, 15) is 14.0 Å². The van der Waals surface area contributed by atoms with Crippen molar-refractivity contribution in [3.63, 3.8) is 0 Å². The number of halogens is 2. The summed E-state index contributed by atoms with van der Waals surface area (Å²) < 4.78 is 13.9. The number of urea groups is 1. The molecule has 1 saturated carbocycles. The van der Waals surface area contributed by atoms with E-state index in [1.165, 1.54) is 18.6 Å². The van der Waals surface area contributed by atoms with E-state index in [4.69, 9.17) is 11.6 Å². The normalized spacial score (nSPS) is 19.9. The molecule has 1 atom stereocenters. The molecule has 1 saturated heterocycles. The lowest BCUT2D eigenvalue weighted by Gasteiger charge is -2.34. The molecule has 2 fully saturated rings. The summed E-state index contributed by atoms with van der Waals surface area (Å²) in [7, 11) is 0. The summed E-state index contributed by atoms with van der Waals surface area (Å²) in [5, 5.41) is 6.58. The van der Waals surface area contributed by atoms with Gasteiger partial charge in [0, 0.05) is 31.1 Å². The predicted molar refractivity (Wildman–Crippen MR) is 108 cm³/mol. The topological polar surface area (TPSA) is 61.4 Å². The molecule has 1 aliphatic carbocycles. The zero-order chi connectivity index (χ0) is 20.1. The van der Waals surface area contributed by atoms with Crippen LogP contribution in [0.25, 0.3) is 0 Å². The van der Waals surface area contributed by atoms with Crippen molar-refractivity contribution in [1.29, 1.82) is 0 Å². The number of benzene rings is 1. The van der Waals surface area contributed by atoms with Gasteiger partial charge in [-0.2, -0.15) is 0 Å². The molecule has 1 aromatic carbocycles. The smallest absolute Gasteiger partial charge is 0.315 e. The Balaban J connectivity index is 1.66. The number of carbonyl (C=O) groups is 2. The zero-order valence-electron chi connectivity index (χ0n) is 16.3. The minimum Gasteiger partial charge on any atom is -0.343 e. The summed E-state index contributed by atoms with van der Waals surface area (Å²) in [5.41, 5.74) is 0.648. The number of carbonyl (C=O) groups excluding carboxylic acids is 2. The molecule has 0 bridgehead atoms. The van der Waals surface area contributed by atoms with Crippen LogP contribution >= 0.6 is 11.6 Å². The monoisotopic (exact) mass is 409 g/mol. The molecule has 0 radical (unpaired) electrons. The standard InChI is InChI=1S/C21H29ClFN3O2/c1-14(27)26-11-9-17(10-12-26)24-21(28)25-20(15-5-3-2-4-6-15)18-13-16(23)7-8-19(18)22/h7-8,13,15,17,20H,2-6,9-12H2,1H3,(H2,24,25,28). The van der Waals surface area contributed by atoms with Gasteiger partial charge in [0.15, 0.2) is 0 Å². The molecule has 2 N–H and O–H groups in total. The highest BCUT2D eigenvalue weighted by molar-refractivity contribution is 6.31. The van der Waals surface area contributed by atoms with Crippen molar-refractivity contribution in [2.75, 3.05) is 13.1 Å². The van der Waals surface area contributed by atoms with E-state index in [1.807, 2.05) is 0 Å². The Morgan fingerprint density at radius 3 is 2.46 bits per heavy atom. The van der Waals surface area contributed by atoms with Gasteiger partial charge in [-0.05, 0) is 55.4 Å². The Labute approximate surface area is 171 Å². The Morgan fingerprint density at radius 2 is 1.82 bits per heavy atom. The molecule has 3 amide bonds. The Kier molecular flexibility index (Phi) is 7.16. The van der Waals surface area contributed by atoms with Gasteiger partial charge in [-0.25, -0.2) is 9.18 Å². The van der Waals surface area contributed by atoms with Gasteiger partial charge in [-0.3, -0.25) is 4.79 Å². The van der Waals surface area contributed by atoms with Crippen LogP contribution in [0.3, 0.4) is 0 Å². The van der Waals surface area contributed by atoms with Gasteiger partial charge in [0.1, 0.15) is 5.82 Å². The van der Waals surface area contributed by atoms with Gasteiger partial charge in [-0.15, -0.1) is 0 Å². The first-order valence-electron chi connectivity index (χ1n) is 10.2. The summed E-state index contributed by atoms with van der Waals surface area (Å²) in [4.78, 5) is 26.0. The Morgan fingerprint density at radius 1 is 1.14 bits per heavy atom. The van der Waals surface area contributed by atoms with E-state index in [-0.39, 0.29) is 35.8 Å². The third-order valence-corrected chi connectivity index (χ3v) is 6.32. The molecule has 0 aromatic heterocycles. The summed E-state index contributed by atoms with van der Waals surface area (Å²) in [6.07, 6.45) is 6.88. The molecule has 1 heterocycles. The van der Waals surface area contributed by atoms with Crippen LogP contribution in [0.2, 0.25) is 5.02 Å². The third kappa shape index (κ3) is 5.37. The van der Waals surface area contributed by atoms with Gasteiger partial charge < -0.3 is 15.5 Å². The fourth-order valence-electron chi connectivity index (χ4n) is 4.38. The first-order valence-corrected chi connectivity index (χ1v) is 10.6. The Bertz CT molecular complexity index is 701. The van der Waals surface area contributed by atoms with Crippen molar-refractivity contribution in [3.8, 4) is 0 Å². The van der Waals surface area contributed by atoms with Crippen LogP contribution in [0.1, 0.15) is 63.5 Å². The maximum Gasteiger partial charge on any atom is 0.315 e. The zero-order valence-corrected chi connectivity index (χ0v) is 17.1. The predicted octanol–water partition coefficient (Wildman–Crippen LogP) is 4.41. The molecular formula is C21H29ClFN3O2. The van der Waals surface area contributed by atoms with Crippen LogP contribution in [0.15, 0.2) is 18.2 Å². The molecule has 1 aromatic rings. The molecule has 154 valence electrons. The van der Waals surface area contributed by atoms with E-state index < -0.39 is 0 Å². The second-order valence-electron chi connectivity index (χ2n) is 7.94. The van der Waals surface area contributed by atoms with Crippen molar-refractivity contribution < 1.29 is 14.0 Å². The Hall–Kier alpha value is -1.82. The quantitative estimate of drug-likeness (QED) is 0.773. The summed E-state index contributed by atoms with van der Waals surface area (Å²) in [5.74, 6) is -0.0293. The average Bonchev–Trinajstić information content (AvgIpc) is 2.69. The molecule has 28 heavy (non-hydrogen) atoms. The lowest BCUT2D eigenvalue weighted by Crippen LogP contribution is -2.50. The minimum atomic E-state index is -0.348. The maximum atomic E-state index is 13.9. The first-order chi connectivity index (χ1) is 13.4. The highest BCUT2D eigenvalue weighted by Gasteiger charge is 2.29. The first kappa shape index (κ1) is 20.9. The largest absolute Gasteiger partial charge is 0.343 e. The van der Waals surface area contributed by atoms with Crippen molar-refractivity contribution >= 4 is 23.5 Å². The molecule has 1 unspecified atom stereocenters. The molecule has 2 aliphatic rings. The number of likely N-dealkylation sites (tertiary alicyclic amines) is 1. The number of amides is 3. The summed E-state index contributed by atoms with van der Waals surface area (Å²) >= 11 is 6.36. The van der Waals surface area contributed by atoms with Gasteiger partial charge >= 0.3 is 6.03 Å². The van der Waals surface area contributed by atoms with Gasteiger partial charge in [-0.1, -0.05) is 30.9 Å². The maximum absolute atomic E-state index is 13.9. The molecule has 5 nitrogen and oxygen atoms in total. The number of piperidine rings is 1. The molecule has 7 heteroatoms. The van der Waals surface area contributed by atoms with Crippen LogP contribution in [0.4, 0.5) is 9.18 Å². The average molecular weight is 410 g/mol. The van der Waals surface area contributed by atoms with Crippen molar-refractivity contribution in [2.45, 2.75) is 64.0 Å². The molecule has 3 rings (SSSR count). The fraction of sp³-hybridized carbons (Fsp3) is 0.619. The van der Waals surface area contributed by atoms with Crippen LogP contribution in [0, 0.1) is 11.7 Å². The highest BCUT2D eigenvalue weighted by atomic mass is 35.5. The van der Waals surface area contributed by atoms with Gasteiger partial charge in [0.25, 0.3) is 0 Å². The fourth-order valence-corrected chi connectivity index (χ4v) is 4.61. The summed E-state index contributed by atoms with van der Waals surface area (Å²) in [6.45, 7) is 2.88. The van der Waals surface area contributed by atoms with Gasteiger partial charge in [0.2, 0.25) is 5.91 Å². The van der Waals surface area contributed by atoms with Crippen LogP contribution in [-0.4, -0.2) is 36.0 Å². The number of rotatable bonds is 4. The lowest BCUT2D eigenvalue weighted by atomic mass is 9.81. The second-order valence-corrected chi connectivity index (χ2v) is 8.35. The van der Waals surface area contributed by atoms with Crippen LogP contribution in [-0.2, 0) is 4.79 Å². The molecule has 0 spiro atoms. The van der Waals surface area contributed by atoms with Crippen molar-refractivity contribution in [2.24, 2.45) is 5.92 Å². The van der Waals surface area contributed by atoms with E-state index in [1.54, 1.807) is 17.9 Å². The summed E-state index contributed by atoms with van der Waals surface area (Å²) in [6, 6.07) is 3.81. The number of nitrogens with zero attached hydrogens (tertiary/aromatic N) is 1. The van der Waals surface area contributed by atoms with E-state index in [0.29, 0.717) is 23.7 Å². The lowest BCUT2D eigenvalue weighted by molar-refractivity contribution is -0.129. The second kappa shape index (κ2) is 9.59.